The van der Waals surface area contributed by atoms with Crippen molar-refractivity contribution in [2.75, 3.05) is 30.6 Å². The molecule has 0 atom stereocenters. The second kappa shape index (κ2) is 6.90. The summed E-state index contributed by atoms with van der Waals surface area (Å²) in [5, 5.41) is 0. The van der Waals surface area contributed by atoms with Gasteiger partial charge in [0, 0.05) is 16.6 Å². The number of methoxy groups -OCH3 is 1. The van der Waals surface area contributed by atoms with Crippen LogP contribution in [0.25, 0.3) is 0 Å². The van der Waals surface area contributed by atoms with Crippen molar-refractivity contribution in [1.29, 1.82) is 0 Å². The summed E-state index contributed by atoms with van der Waals surface area (Å²) in [6.45, 7) is 0. The van der Waals surface area contributed by atoms with Gasteiger partial charge in [-0.05, 0) is 36.3 Å². The van der Waals surface area contributed by atoms with E-state index >= 15 is 0 Å². The summed E-state index contributed by atoms with van der Waals surface area (Å²) >= 11 is 3.71. The fraction of sp³-hybridized carbons (Fsp3) is 0.455. The van der Waals surface area contributed by atoms with Crippen molar-refractivity contribution in [2.24, 2.45) is 0 Å². The Morgan fingerprint density at radius 1 is 1.33 bits per heavy atom. The van der Waals surface area contributed by atoms with Crippen molar-refractivity contribution in [3.8, 4) is 5.75 Å². The molecule has 0 amide bonds. The fourth-order valence-corrected chi connectivity index (χ4v) is 2.76. The zero-order valence-corrected chi connectivity index (χ0v) is 10.8. The van der Waals surface area contributed by atoms with Gasteiger partial charge in [-0.25, -0.2) is 0 Å². The van der Waals surface area contributed by atoms with Gasteiger partial charge in [0.15, 0.2) is 0 Å². The highest BCUT2D eigenvalue weighted by atomic mass is 32.2. The zero-order valence-electron chi connectivity index (χ0n) is 9.16. The van der Waals surface area contributed by atoms with Gasteiger partial charge >= 0.3 is 0 Å². The van der Waals surface area contributed by atoms with Crippen molar-refractivity contribution in [2.45, 2.75) is 11.3 Å². The van der Waals surface area contributed by atoms with Gasteiger partial charge in [0.25, 0.3) is 0 Å². The van der Waals surface area contributed by atoms with Crippen molar-refractivity contribution >= 4 is 29.2 Å². The van der Waals surface area contributed by atoms with Crippen LogP contribution in [0.3, 0.4) is 0 Å². The van der Waals surface area contributed by atoms with E-state index in [1.54, 1.807) is 7.11 Å². The molecule has 0 aliphatic rings. The van der Waals surface area contributed by atoms with Crippen LogP contribution in [0.1, 0.15) is 6.42 Å². The summed E-state index contributed by atoms with van der Waals surface area (Å²) in [6, 6.07) is 5.81. The molecule has 15 heavy (non-hydrogen) atoms. The monoisotopic (exact) mass is 243 g/mol. The van der Waals surface area contributed by atoms with Gasteiger partial charge in [-0.2, -0.15) is 11.8 Å². The predicted molar refractivity (Wildman–Crippen MR) is 71.1 cm³/mol. The maximum atomic E-state index is 5.69. The van der Waals surface area contributed by atoms with Crippen molar-refractivity contribution in [3.63, 3.8) is 0 Å². The first-order valence-electron chi connectivity index (χ1n) is 4.83. The van der Waals surface area contributed by atoms with Crippen LogP contribution >= 0.6 is 23.5 Å². The quantitative estimate of drug-likeness (QED) is 0.473. The first-order chi connectivity index (χ1) is 7.27. The highest BCUT2D eigenvalue weighted by molar-refractivity contribution is 8.00. The Labute approximate surface area is 100.0 Å². The second-order valence-electron chi connectivity index (χ2n) is 3.11. The van der Waals surface area contributed by atoms with Gasteiger partial charge in [0.05, 0.1) is 7.11 Å². The van der Waals surface area contributed by atoms with Gasteiger partial charge < -0.3 is 10.5 Å². The molecule has 0 heterocycles. The second-order valence-corrected chi connectivity index (χ2v) is 5.23. The Morgan fingerprint density at radius 3 is 2.80 bits per heavy atom. The van der Waals surface area contributed by atoms with Gasteiger partial charge in [-0.3, -0.25) is 0 Å². The summed E-state index contributed by atoms with van der Waals surface area (Å²) < 4.78 is 5.28. The molecule has 0 saturated carbocycles. The largest absolute Gasteiger partial charge is 0.496 e. The third-order valence-corrected chi connectivity index (χ3v) is 3.78. The van der Waals surface area contributed by atoms with Gasteiger partial charge in [0.1, 0.15) is 5.75 Å². The number of anilines is 1. The van der Waals surface area contributed by atoms with Crippen LogP contribution in [-0.2, 0) is 0 Å². The molecule has 0 aromatic heterocycles. The van der Waals surface area contributed by atoms with E-state index in [1.807, 2.05) is 41.7 Å². The van der Waals surface area contributed by atoms with Crippen molar-refractivity contribution < 1.29 is 4.74 Å². The molecule has 0 unspecified atom stereocenters. The maximum Gasteiger partial charge on any atom is 0.134 e. The molecular weight excluding hydrogens is 226 g/mol. The first kappa shape index (κ1) is 12.6. The van der Waals surface area contributed by atoms with Crippen LogP contribution in [-0.4, -0.2) is 24.9 Å². The van der Waals surface area contributed by atoms with Crippen LogP contribution in [0.15, 0.2) is 23.1 Å². The number of ether oxygens (including phenoxy) is 1. The molecule has 0 bridgehead atoms. The lowest BCUT2D eigenvalue weighted by Gasteiger charge is -2.08. The molecule has 0 aliphatic carbocycles. The molecule has 2 N–H and O–H groups in total. The molecule has 1 aromatic carbocycles. The summed E-state index contributed by atoms with van der Waals surface area (Å²) in [7, 11) is 1.68. The van der Waals surface area contributed by atoms with Crippen molar-refractivity contribution in [1.82, 2.24) is 0 Å². The lowest BCUT2D eigenvalue weighted by atomic mass is 10.3. The Hall–Kier alpha value is -0.480. The average molecular weight is 243 g/mol. The minimum Gasteiger partial charge on any atom is -0.496 e. The molecular formula is C11H17NOS2. The normalized spacial score (nSPS) is 10.3. The van der Waals surface area contributed by atoms with E-state index in [-0.39, 0.29) is 0 Å². The lowest BCUT2D eigenvalue weighted by molar-refractivity contribution is 0.405. The topological polar surface area (TPSA) is 35.2 Å². The summed E-state index contributed by atoms with van der Waals surface area (Å²) in [6.07, 6.45) is 3.35. The van der Waals surface area contributed by atoms with E-state index in [1.165, 1.54) is 17.1 Å². The van der Waals surface area contributed by atoms with E-state index in [0.29, 0.717) is 0 Å². The minimum atomic E-state index is 0.750. The average Bonchev–Trinajstić information content (AvgIpc) is 2.26. The van der Waals surface area contributed by atoms with Crippen molar-refractivity contribution in [3.05, 3.63) is 18.2 Å². The molecule has 0 radical (unpaired) electrons. The number of thioether (sulfide) groups is 2. The number of nitrogen functional groups attached to an aromatic ring is 1. The van der Waals surface area contributed by atoms with E-state index < -0.39 is 0 Å². The predicted octanol–water partition coefficient (Wildman–Crippen LogP) is 3.12. The Balaban J connectivity index is 2.52. The number of rotatable bonds is 6. The molecule has 4 heteroatoms. The molecule has 1 aromatic rings. The van der Waals surface area contributed by atoms with Crippen LogP contribution in [0, 0.1) is 0 Å². The lowest BCUT2D eigenvalue weighted by Crippen LogP contribution is -1.91. The Morgan fingerprint density at radius 2 is 2.13 bits per heavy atom. The third-order valence-electron chi connectivity index (χ3n) is 1.94. The van der Waals surface area contributed by atoms with Gasteiger partial charge in [0.2, 0.25) is 0 Å². The summed E-state index contributed by atoms with van der Waals surface area (Å²) in [5.41, 5.74) is 6.44. The number of nitrogens with two attached hydrogens (primary N) is 1. The van der Waals surface area contributed by atoms with Gasteiger partial charge in [-0.15, -0.1) is 11.8 Å². The first-order valence-corrected chi connectivity index (χ1v) is 7.21. The van der Waals surface area contributed by atoms with E-state index in [2.05, 4.69) is 6.26 Å². The number of hydrogen-bond donors (Lipinski definition) is 1. The number of benzene rings is 1. The fourth-order valence-electron chi connectivity index (χ4n) is 1.19. The molecule has 0 aliphatic heterocycles. The van der Waals surface area contributed by atoms with Crippen LogP contribution in [0.4, 0.5) is 5.69 Å². The standard InChI is InChI=1S/C11H17NOS2/c1-13-10-8-9(12)4-5-11(10)15-7-3-6-14-2/h4-5,8H,3,6-7,12H2,1-2H3. The molecule has 84 valence electrons. The summed E-state index contributed by atoms with van der Waals surface area (Å²) in [4.78, 5) is 1.17. The van der Waals surface area contributed by atoms with Gasteiger partial charge in [-0.1, -0.05) is 0 Å². The third kappa shape index (κ3) is 4.26. The SMILES string of the molecule is COc1cc(N)ccc1SCCCSC. The van der Waals surface area contributed by atoms with E-state index in [0.717, 1.165) is 17.2 Å². The smallest absolute Gasteiger partial charge is 0.134 e. The maximum absolute atomic E-state index is 5.69. The molecule has 0 spiro atoms. The zero-order chi connectivity index (χ0) is 11.1. The van der Waals surface area contributed by atoms with Crippen LogP contribution in [0.5, 0.6) is 5.75 Å². The van der Waals surface area contributed by atoms with E-state index in [4.69, 9.17) is 10.5 Å². The van der Waals surface area contributed by atoms with Crippen LogP contribution < -0.4 is 10.5 Å². The van der Waals surface area contributed by atoms with Crippen LogP contribution in [0.2, 0.25) is 0 Å². The Bertz CT molecular complexity index is 305. The van der Waals surface area contributed by atoms with E-state index in [9.17, 15) is 0 Å². The highest BCUT2D eigenvalue weighted by Crippen LogP contribution is 2.31. The Kier molecular flexibility index (Phi) is 5.79. The molecule has 0 saturated heterocycles. The number of hydrogen-bond acceptors (Lipinski definition) is 4. The minimum absolute atomic E-state index is 0.750. The molecule has 0 fully saturated rings. The summed E-state index contributed by atoms with van der Waals surface area (Å²) in [5.74, 6) is 3.22. The molecule has 2 nitrogen and oxygen atoms in total. The molecule has 1 rings (SSSR count). The highest BCUT2D eigenvalue weighted by Gasteiger charge is 2.03.